The standard InChI is InChI=1S/C30H42N2O6S/c1-19(33)32-39(36,21-17-23(28(2,3)4)26(34)24(18-21)29(5,6)7)15-11-10-14-37-20-12-13-25-22(16-20)30(8,9)38-27(35)31-25/h12-13,16-18,34H,10-11,14-15H2,1-9H3,(H,31,35). The predicted molar refractivity (Wildman–Crippen MR) is 154 cm³/mol. The van der Waals surface area contributed by atoms with E-state index in [4.69, 9.17) is 9.47 Å². The number of carbonyl (C=O) groups is 2. The molecular formula is C30H42N2O6S. The van der Waals surface area contributed by atoms with E-state index in [1.165, 1.54) is 6.92 Å². The summed E-state index contributed by atoms with van der Waals surface area (Å²) in [5, 5.41) is 13.8. The van der Waals surface area contributed by atoms with Gasteiger partial charge in [-0.1, -0.05) is 41.5 Å². The molecular weight excluding hydrogens is 516 g/mol. The topological polar surface area (TPSA) is 114 Å². The lowest BCUT2D eigenvalue weighted by Crippen LogP contribution is -2.34. The molecule has 39 heavy (non-hydrogen) atoms. The molecule has 1 atom stereocenters. The molecule has 0 saturated heterocycles. The molecule has 0 radical (unpaired) electrons. The molecule has 214 valence electrons. The Morgan fingerprint density at radius 2 is 1.64 bits per heavy atom. The summed E-state index contributed by atoms with van der Waals surface area (Å²) in [5.74, 6) is 0.518. The molecule has 8 nitrogen and oxygen atoms in total. The molecule has 2 aromatic carbocycles. The van der Waals surface area contributed by atoms with Gasteiger partial charge < -0.3 is 14.6 Å². The van der Waals surface area contributed by atoms with Crippen molar-refractivity contribution < 1.29 is 28.4 Å². The Morgan fingerprint density at radius 3 is 2.18 bits per heavy atom. The fourth-order valence-electron chi connectivity index (χ4n) is 4.59. The Morgan fingerprint density at radius 1 is 1.05 bits per heavy atom. The van der Waals surface area contributed by atoms with E-state index < -0.39 is 38.2 Å². The van der Waals surface area contributed by atoms with Gasteiger partial charge in [-0.15, -0.1) is 0 Å². The van der Waals surface area contributed by atoms with Gasteiger partial charge in [0.25, 0.3) is 5.91 Å². The van der Waals surface area contributed by atoms with E-state index in [-0.39, 0.29) is 11.5 Å². The second kappa shape index (κ2) is 10.8. The Labute approximate surface area is 232 Å². The van der Waals surface area contributed by atoms with Crippen LogP contribution >= 0.6 is 0 Å². The first-order valence-electron chi connectivity index (χ1n) is 13.2. The molecule has 0 spiro atoms. The number of ether oxygens (including phenoxy) is 2. The number of anilines is 1. The van der Waals surface area contributed by atoms with E-state index in [1.54, 1.807) is 24.3 Å². The highest BCUT2D eigenvalue weighted by molar-refractivity contribution is 7.94. The van der Waals surface area contributed by atoms with E-state index in [1.807, 2.05) is 61.5 Å². The molecule has 0 saturated carbocycles. The highest BCUT2D eigenvalue weighted by atomic mass is 32.2. The molecule has 0 bridgehead atoms. The van der Waals surface area contributed by atoms with Crippen LogP contribution in [0.25, 0.3) is 0 Å². The van der Waals surface area contributed by atoms with Crippen molar-refractivity contribution in [3.63, 3.8) is 0 Å². The van der Waals surface area contributed by atoms with E-state index in [0.717, 1.165) is 5.56 Å². The monoisotopic (exact) mass is 558 g/mol. The molecule has 1 heterocycles. The fourth-order valence-corrected chi connectivity index (χ4v) is 6.64. The van der Waals surface area contributed by atoms with Crippen molar-refractivity contribution in [1.82, 2.24) is 0 Å². The third kappa shape index (κ3) is 7.12. The highest BCUT2D eigenvalue weighted by Gasteiger charge is 2.34. The van der Waals surface area contributed by atoms with Crippen molar-refractivity contribution in [2.75, 3.05) is 17.7 Å². The number of nitrogens with one attached hydrogen (secondary N) is 1. The van der Waals surface area contributed by atoms with E-state index in [0.29, 0.717) is 46.9 Å². The van der Waals surface area contributed by atoms with Crippen LogP contribution in [0.4, 0.5) is 10.5 Å². The number of phenols is 1. The molecule has 3 rings (SSSR count). The van der Waals surface area contributed by atoms with E-state index in [9.17, 15) is 18.9 Å². The molecule has 9 heteroatoms. The van der Waals surface area contributed by atoms with Crippen molar-refractivity contribution in [1.29, 1.82) is 0 Å². The van der Waals surface area contributed by atoms with Gasteiger partial charge in [-0.2, -0.15) is 4.36 Å². The molecule has 0 fully saturated rings. The number of aromatic hydroxyl groups is 1. The van der Waals surface area contributed by atoms with E-state index >= 15 is 0 Å². The Kier molecular flexibility index (Phi) is 8.46. The molecule has 2 aromatic rings. The summed E-state index contributed by atoms with van der Waals surface area (Å²) in [6.07, 6.45) is 0.620. The van der Waals surface area contributed by atoms with Crippen molar-refractivity contribution in [2.45, 2.75) is 96.5 Å². The average Bonchev–Trinajstić information content (AvgIpc) is 2.76. The zero-order valence-electron chi connectivity index (χ0n) is 24.6. The number of phenolic OH excluding ortho intramolecular Hbond substituents is 1. The summed E-state index contributed by atoms with van der Waals surface area (Å²) >= 11 is 0. The van der Waals surface area contributed by atoms with Gasteiger partial charge in [0.1, 0.15) is 17.1 Å². The number of nitrogens with zero attached hydrogens (tertiary/aromatic N) is 1. The summed E-state index contributed by atoms with van der Waals surface area (Å²) in [7, 11) is -3.08. The normalized spacial score (nSPS) is 16.4. The van der Waals surface area contributed by atoms with Crippen molar-refractivity contribution >= 4 is 27.4 Å². The molecule has 2 N–H and O–H groups in total. The quantitative estimate of drug-likeness (QED) is 0.353. The van der Waals surface area contributed by atoms with Gasteiger partial charge >= 0.3 is 6.09 Å². The maximum Gasteiger partial charge on any atom is 0.412 e. The van der Waals surface area contributed by atoms with Crippen LogP contribution < -0.4 is 10.1 Å². The Hall–Kier alpha value is -3.07. The summed E-state index contributed by atoms with van der Waals surface area (Å²) in [5.41, 5.74) is 1.28. The minimum Gasteiger partial charge on any atom is -0.507 e. The van der Waals surface area contributed by atoms with Crippen LogP contribution in [-0.4, -0.2) is 33.7 Å². The molecule has 1 aliphatic rings. The van der Waals surface area contributed by atoms with Crippen LogP contribution in [0, 0.1) is 0 Å². The van der Waals surface area contributed by atoms with Gasteiger partial charge in [0.2, 0.25) is 0 Å². The third-order valence-electron chi connectivity index (χ3n) is 6.65. The maximum atomic E-state index is 14.2. The SMILES string of the molecule is CC(=O)N=S(=O)(CCCCOc1ccc2c(c1)C(C)(C)OC(=O)N2)c1cc(C(C)(C)C)c(O)c(C(C)(C)C)c1. The van der Waals surface area contributed by atoms with Crippen LogP contribution in [0.2, 0.25) is 0 Å². The smallest absolute Gasteiger partial charge is 0.412 e. The molecule has 0 aromatic heterocycles. The number of cyclic esters (lactones) is 1. The highest BCUT2D eigenvalue weighted by Crippen LogP contribution is 2.41. The van der Waals surface area contributed by atoms with Gasteiger partial charge in [-0.3, -0.25) is 10.1 Å². The number of unbranched alkanes of at least 4 members (excludes halogenated alkanes) is 1. The number of rotatable bonds is 7. The first kappa shape index (κ1) is 30.5. The van der Waals surface area contributed by atoms with Gasteiger partial charge in [0, 0.05) is 34.3 Å². The number of hydrogen-bond donors (Lipinski definition) is 2. The Balaban J connectivity index is 1.80. The zero-order chi connectivity index (χ0) is 29.4. The lowest BCUT2D eigenvalue weighted by atomic mass is 9.79. The van der Waals surface area contributed by atoms with Crippen LogP contribution in [-0.2, 0) is 35.7 Å². The summed E-state index contributed by atoms with van der Waals surface area (Å²) < 4.78 is 29.6. The van der Waals surface area contributed by atoms with Crippen LogP contribution in [0.15, 0.2) is 39.6 Å². The van der Waals surface area contributed by atoms with Crippen molar-refractivity contribution in [3.8, 4) is 11.5 Å². The van der Waals surface area contributed by atoms with Gasteiger partial charge in [0.15, 0.2) is 0 Å². The first-order chi connectivity index (χ1) is 17.8. The second-order valence-electron chi connectivity index (χ2n) is 12.6. The van der Waals surface area contributed by atoms with Gasteiger partial charge in [-0.25, -0.2) is 9.00 Å². The lowest BCUT2D eigenvalue weighted by molar-refractivity contribution is -0.115. The number of fused-ring (bicyclic) bond motifs is 1. The van der Waals surface area contributed by atoms with Crippen LogP contribution in [0.1, 0.15) is 91.8 Å². The fraction of sp³-hybridized carbons (Fsp3) is 0.533. The summed E-state index contributed by atoms with van der Waals surface area (Å²) in [4.78, 5) is 24.3. The second-order valence-corrected chi connectivity index (χ2v) is 15.0. The van der Waals surface area contributed by atoms with Crippen LogP contribution in [0.5, 0.6) is 11.5 Å². The number of amides is 2. The molecule has 1 unspecified atom stereocenters. The maximum absolute atomic E-state index is 14.2. The zero-order valence-corrected chi connectivity index (χ0v) is 25.4. The predicted octanol–water partition coefficient (Wildman–Crippen LogP) is 7.02. The minimum absolute atomic E-state index is 0.185. The first-order valence-corrected chi connectivity index (χ1v) is 14.9. The third-order valence-corrected chi connectivity index (χ3v) is 9.02. The number of carbonyl (C=O) groups excluding carboxylic acids is 2. The Bertz CT molecular complexity index is 1350. The van der Waals surface area contributed by atoms with Gasteiger partial charge in [-0.05, 0) is 67.9 Å². The molecule has 2 amide bonds. The van der Waals surface area contributed by atoms with Crippen molar-refractivity contribution in [3.05, 3.63) is 47.0 Å². The molecule has 0 aliphatic carbocycles. The summed E-state index contributed by atoms with van der Waals surface area (Å²) in [6.45, 7) is 17.3. The van der Waals surface area contributed by atoms with Crippen molar-refractivity contribution in [2.24, 2.45) is 4.36 Å². The number of benzene rings is 2. The van der Waals surface area contributed by atoms with E-state index in [2.05, 4.69) is 9.68 Å². The minimum atomic E-state index is -3.08. The largest absolute Gasteiger partial charge is 0.507 e. The summed E-state index contributed by atoms with van der Waals surface area (Å²) in [6, 6.07) is 8.90. The van der Waals surface area contributed by atoms with Gasteiger partial charge in [0.05, 0.1) is 22.0 Å². The average molecular weight is 559 g/mol. The lowest BCUT2D eigenvalue weighted by Gasteiger charge is -2.32. The van der Waals surface area contributed by atoms with Crippen LogP contribution in [0.3, 0.4) is 0 Å². The number of hydrogen-bond acceptors (Lipinski definition) is 6. The molecule has 1 aliphatic heterocycles.